The van der Waals surface area contributed by atoms with E-state index < -0.39 is 24.2 Å². The van der Waals surface area contributed by atoms with Crippen LogP contribution in [-0.2, 0) is 0 Å². The Balaban J connectivity index is 1.32. The molecule has 10 rings (SSSR count). The Morgan fingerprint density at radius 3 is 0.776 bits per heavy atom. The number of fused-ring (bicyclic) bond motifs is 3. The zero-order valence-corrected chi connectivity index (χ0v) is 42.8. The highest BCUT2D eigenvalue weighted by Gasteiger charge is 2.45. The third kappa shape index (κ3) is 7.16. The minimum Gasteiger partial charge on any atom is -0.309 e. The van der Waals surface area contributed by atoms with E-state index in [1.54, 1.807) is 5.19 Å². The van der Waals surface area contributed by atoms with Crippen LogP contribution in [0.4, 0.5) is 0 Å². The molecule has 0 saturated carbocycles. The van der Waals surface area contributed by atoms with Crippen molar-refractivity contribution in [2.45, 2.75) is 58.2 Å². The van der Waals surface area contributed by atoms with E-state index in [1.807, 2.05) is 0 Å². The SMILES string of the molecule is CC(C)[Si](c1ccc(-n2c3ccc([Si](c4ccccc4)(c4ccccc4)c4ccccc4)cc3c3cc([Si](c4ccccc4)(c4ccccc4)c4ccccc4)ccc32)cc1)(C(C)C)C(C)C. The van der Waals surface area contributed by atoms with Crippen LogP contribution in [0.15, 0.2) is 243 Å². The summed E-state index contributed by atoms with van der Waals surface area (Å²) in [5.74, 6) is 0. The van der Waals surface area contributed by atoms with Gasteiger partial charge >= 0.3 is 0 Å². The van der Waals surface area contributed by atoms with Gasteiger partial charge in [-0.25, -0.2) is 0 Å². The number of rotatable bonds is 13. The number of hydrogen-bond donors (Lipinski definition) is 0. The molecule has 67 heavy (non-hydrogen) atoms. The van der Waals surface area contributed by atoms with Gasteiger partial charge in [-0.1, -0.05) is 265 Å². The van der Waals surface area contributed by atoms with Gasteiger partial charge in [0.05, 0.1) is 19.1 Å². The fraction of sp³-hybridized carbons (Fsp3) is 0.143. The van der Waals surface area contributed by atoms with Gasteiger partial charge in [0.15, 0.2) is 16.1 Å². The molecule has 0 fully saturated rings. The molecule has 0 bridgehead atoms. The lowest BCUT2D eigenvalue weighted by Crippen LogP contribution is -2.74. The fourth-order valence-electron chi connectivity index (χ4n) is 12.8. The molecule has 0 unspecified atom stereocenters. The van der Waals surface area contributed by atoms with Crippen LogP contribution in [-0.4, -0.2) is 28.8 Å². The lowest BCUT2D eigenvalue weighted by atomic mass is 10.1. The van der Waals surface area contributed by atoms with Crippen molar-refractivity contribution in [3.63, 3.8) is 0 Å². The van der Waals surface area contributed by atoms with Crippen LogP contribution in [0.25, 0.3) is 27.5 Å². The third-order valence-electron chi connectivity index (χ3n) is 15.4. The molecule has 0 aliphatic heterocycles. The van der Waals surface area contributed by atoms with E-state index >= 15 is 0 Å². The van der Waals surface area contributed by atoms with Crippen LogP contribution >= 0.6 is 0 Å². The molecule has 0 aliphatic carbocycles. The molecule has 0 aliphatic rings. The number of hydrogen-bond acceptors (Lipinski definition) is 0. The standard InChI is InChI=1S/C63H61NSi3/c1-47(2)65(48(3)4,49(5)6)57-39-37-50(38-40-57)64-62-43-41-58(66(51-25-13-7-14-26-51,52-27-15-8-16-28-52)53-29-17-9-18-30-53)45-60(62)61-46-59(42-44-63(61)64)67(54-31-19-10-20-32-54,55-33-21-11-22-34-55)56-35-23-12-24-36-56/h7-49H,1-6H3. The van der Waals surface area contributed by atoms with Crippen molar-refractivity contribution in [2.24, 2.45) is 0 Å². The monoisotopic (exact) mass is 915 g/mol. The lowest BCUT2D eigenvalue weighted by molar-refractivity contribution is 0.835. The summed E-state index contributed by atoms with van der Waals surface area (Å²) in [6, 6.07) is 92.9. The van der Waals surface area contributed by atoms with E-state index in [2.05, 4.69) is 289 Å². The van der Waals surface area contributed by atoms with E-state index in [0.717, 1.165) is 0 Å². The highest BCUT2D eigenvalue weighted by Crippen LogP contribution is 2.41. The van der Waals surface area contributed by atoms with Gasteiger partial charge < -0.3 is 4.57 Å². The summed E-state index contributed by atoms with van der Waals surface area (Å²) in [6.45, 7) is 14.8. The third-order valence-corrected chi connectivity index (χ3v) is 32.0. The second-order valence-electron chi connectivity index (χ2n) is 19.4. The number of aromatic nitrogens is 1. The van der Waals surface area contributed by atoms with E-state index in [1.165, 1.54) is 69.0 Å². The molecule has 1 heterocycles. The second-order valence-corrected chi connectivity index (χ2v) is 33.0. The molecule has 0 atom stereocenters. The van der Waals surface area contributed by atoms with Gasteiger partial charge in [0.25, 0.3) is 0 Å². The average molecular weight is 916 g/mol. The van der Waals surface area contributed by atoms with Gasteiger partial charge in [-0.15, -0.1) is 0 Å². The van der Waals surface area contributed by atoms with Crippen molar-refractivity contribution in [3.8, 4) is 5.69 Å². The highest BCUT2D eigenvalue weighted by atomic mass is 28.3. The van der Waals surface area contributed by atoms with E-state index in [0.29, 0.717) is 16.6 Å². The maximum absolute atomic E-state index is 2.84. The topological polar surface area (TPSA) is 4.93 Å². The highest BCUT2D eigenvalue weighted by molar-refractivity contribution is 7.20. The molecule has 1 aromatic heterocycles. The molecule has 330 valence electrons. The zero-order valence-electron chi connectivity index (χ0n) is 39.8. The summed E-state index contributed by atoms with van der Waals surface area (Å²) < 4.78 is 2.55. The molecule has 10 aromatic rings. The van der Waals surface area contributed by atoms with Gasteiger partial charge in [0.2, 0.25) is 0 Å². The summed E-state index contributed by atoms with van der Waals surface area (Å²) in [5.41, 5.74) is 5.57. The Morgan fingerprint density at radius 2 is 0.522 bits per heavy atom. The van der Waals surface area contributed by atoms with Gasteiger partial charge in [0.1, 0.15) is 0 Å². The normalized spacial score (nSPS) is 12.4. The fourth-order valence-corrected chi connectivity index (χ4v) is 29.1. The summed E-state index contributed by atoms with van der Waals surface area (Å²) >= 11 is 0. The van der Waals surface area contributed by atoms with Crippen molar-refractivity contribution in [2.75, 3.05) is 0 Å². The van der Waals surface area contributed by atoms with Gasteiger partial charge in [0, 0.05) is 16.5 Å². The van der Waals surface area contributed by atoms with Gasteiger partial charge in [-0.05, 0) is 82.4 Å². The molecule has 0 spiro atoms. The molecule has 1 nitrogen and oxygen atoms in total. The Bertz CT molecular complexity index is 2840. The van der Waals surface area contributed by atoms with Crippen LogP contribution in [0.1, 0.15) is 41.5 Å². The molecule has 0 N–H and O–H groups in total. The van der Waals surface area contributed by atoms with Crippen molar-refractivity contribution < 1.29 is 0 Å². The molecule has 0 radical (unpaired) electrons. The van der Waals surface area contributed by atoms with Crippen LogP contribution in [0.2, 0.25) is 16.6 Å². The Labute approximate surface area is 401 Å². The molecular weight excluding hydrogens is 855 g/mol. The van der Waals surface area contributed by atoms with Gasteiger partial charge in [-0.2, -0.15) is 0 Å². The van der Waals surface area contributed by atoms with Crippen molar-refractivity contribution in [1.82, 2.24) is 4.57 Å². The van der Waals surface area contributed by atoms with Crippen LogP contribution in [0.3, 0.4) is 0 Å². The molecule has 0 amide bonds. The molecule has 0 saturated heterocycles. The van der Waals surface area contributed by atoms with Crippen molar-refractivity contribution in [3.05, 3.63) is 243 Å². The number of benzene rings is 9. The lowest BCUT2D eigenvalue weighted by Gasteiger charge is -2.43. The van der Waals surface area contributed by atoms with Crippen LogP contribution in [0.5, 0.6) is 0 Å². The molecule has 4 heteroatoms. The van der Waals surface area contributed by atoms with Gasteiger partial charge in [-0.3, -0.25) is 0 Å². The van der Waals surface area contributed by atoms with E-state index in [9.17, 15) is 0 Å². The smallest absolute Gasteiger partial charge is 0.179 e. The van der Waals surface area contributed by atoms with Crippen molar-refractivity contribution >= 4 is 92.7 Å². The first kappa shape index (κ1) is 44.3. The maximum Gasteiger partial charge on any atom is 0.179 e. The minimum absolute atomic E-state index is 0.634. The van der Waals surface area contributed by atoms with Crippen LogP contribution < -0.4 is 46.7 Å². The predicted molar refractivity (Wildman–Crippen MR) is 299 cm³/mol. The maximum atomic E-state index is 2.59. The Kier molecular flexibility index (Phi) is 12.1. The minimum atomic E-state index is -2.84. The predicted octanol–water partition coefficient (Wildman–Crippen LogP) is 10.4. The van der Waals surface area contributed by atoms with E-state index in [-0.39, 0.29) is 0 Å². The summed E-state index contributed by atoms with van der Waals surface area (Å²) in [6.07, 6.45) is 0. The summed E-state index contributed by atoms with van der Waals surface area (Å²) in [5, 5.41) is 15.2. The van der Waals surface area contributed by atoms with E-state index in [4.69, 9.17) is 0 Å². The number of nitrogens with zero attached hydrogens (tertiary/aromatic N) is 1. The zero-order chi connectivity index (χ0) is 46.2. The average Bonchev–Trinajstić information content (AvgIpc) is 3.70. The first-order chi connectivity index (χ1) is 32.7. The molecular formula is C63H61NSi3. The quantitative estimate of drug-likeness (QED) is 0.0802. The molecule has 9 aromatic carbocycles. The van der Waals surface area contributed by atoms with Crippen LogP contribution in [0, 0.1) is 0 Å². The summed E-state index contributed by atoms with van der Waals surface area (Å²) in [7, 11) is -7.55. The Morgan fingerprint density at radius 1 is 0.269 bits per heavy atom. The first-order valence-electron chi connectivity index (χ1n) is 24.3. The summed E-state index contributed by atoms with van der Waals surface area (Å²) in [4.78, 5) is 0. The van der Waals surface area contributed by atoms with Crippen molar-refractivity contribution in [1.29, 1.82) is 0 Å². The Hall–Kier alpha value is -6.57. The largest absolute Gasteiger partial charge is 0.309 e. The first-order valence-corrected chi connectivity index (χ1v) is 30.5. The second kappa shape index (κ2) is 18.3.